The zero-order valence-electron chi connectivity index (χ0n) is 14.2. The molecule has 7 heteroatoms. The van der Waals surface area contributed by atoms with Crippen LogP contribution in [0.5, 0.6) is 5.75 Å². The van der Waals surface area contributed by atoms with E-state index in [0.29, 0.717) is 18.6 Å². The normalized spacial score (nSPS) is 21.8. The summed E-state index contributed by atoms with van der Waals surface area (Å²) in [5, 5.41) is 6.83. The number of amides is 3. The first kappa shape index (κ1) is 15.7. The van der Waals surface area contributed by atoms with E-state index in [9.17, 15) is 9.59 Å². The average molecular weight is 341 g/mol. The highest BCUT2D eigenvalue weighted by Crippen LogP contribution is 2.43. The number of aromatic nitrogens is 1. The number of carbonyl (C=O) groups excluding carboxylic acids is 2. The first-order chi connectivity index (χ1) is 12.1. The van der Waals surface area contributed by atoms with Crippen LogP contribution < -0.4 is 10.1 Å². The van der Waals surface area contributed by atoms with Gasteiger partial charge in [-0.3, -0.25) is 9.69 Å². The molecule has 1 aliphatic carbocycles. The van der Waals surface area contributed by atoms with Crippen LogP contribution in [0.3, 0.4) is 0 Å². The van der Waals surface area contributed by atoms with Crippen molar-refractivity contribution in [3.63, 3.8) is 0 Å². The van der Waals surface area contributed by atoms with E-state index in [1.54, 1.807) is 7.11 Å². The molecule has 1 unspecified atom stereocenters. The molecule has 1 saturated heterocycles. The van der Waals surface area contributed by atoms with Gasteiger partial charge in [0.15, 0.2) is 0 Å². The largest absolute Gasteiger partial charge is 0.497 e. The van der Waals surface area contributed by atoms with Crippen LogP contribution in [0.25, 0.3) is 0 Å². The maximum Gasteiger partial charge on any atom is 0.325 e. The Morgan fingerprint density at radius 3 is 3.00 bits per heavy atom. The summed E-state index contributed by atoms with van der Waals surface area (Å²) in [6, 6.07) is 5.30. The number of fused-ring (bicyclic) bond motifs is 2. The van der Waals surface area contributed by atoms with Gasteiger partial charge >= 0.3 is 6.03 Å². The molecular weight excluding hydrogens is 322 g/mol. The number of nitrogens with one attached hydrogen (secondary N) is 1. The Balaban J connectivity index is 1.69. The number of carbonyl (C=O) groups is 2. The van der Waals surface area contributed by atoms with Crippen molar-refractivity contribution in [1.29, 1.82) is 0 Å². The van der Waals surface area contributed by atoms with Crippen LogP contribution in [0.4, 0.5) is 4.79 Å². The Labute approximate surface area is 144 Å². The van der Waals surface area contributed by atoms with Crippen LogP contribution in [0.1, 0.15) is 35.7 Å². The topological polar surface area (TPSA) is 84.7 Å². The number of imide groups is 1. The molecule has 130 valence electrons. The molecule has 25 heavy (non-hydrogen) atoms. The Hall–Kier alpha value is -2.83. The van der Waals surface area contributed by atoms with Crippen molar-refractivity contribution >= 4 is 11.9 Å². The number of urea groups is 1. The highest BCUT2D eigenvalue weighted by molar-refractivity contribution is 6.08. The average Bonchev–Trinajstić information content (AvgIpc) is 3.29. The molecule has 0 bridgehead atoms. The van der Waals surface area contributed by atoms with Gasteiger partial charge in [0.2, 0.25) is 0 Å². The third-order valence-corrected chi connectivity index (χ3v) is 5.11. The van der Waals surface area contributed by atoms with E-state index in [-0.39, 0.29) is 18.5 Å². The lowest BCUT2D eigenvalue weighted by atomic mass is 9.91. The standard InChI is InChI=1S/C18H19N3O4/c1-3-15-12(10-25-20-15)9-21-16(22)18(19-17(21)23)7-6-11-4-5-13(24-2)8-14(11)18/h4-5,8,10H,3,6-7,9H2,1-2H3,(H,19,23). The summed E-state index contributed by atoms with van der Waals surface area (Å²) in [5.41, 5.74) is 2.41. The summed E-state index contributed by atoms with van der Waals surface area (Å²) in [6.07, 6.45) is 3.48. The number of hydrogen-bond acceptors (Lipinski definition) is 5. The fraction of sp³-hybridized carbons (Fsp3) is 0.389. The van der Waals surface area contributed by atoms with E-state index in [1.807, 2.05) is 25.1 Å². The second kappa shape index (κ2) is 5.61. The van der Waals surface area contributed by atoms with Crippen molar-refractivity contribution in [3.05, 3.63) is 46.8 Å². The maximum absolute atomic E-state index is 13.2. The van der Waals surface area contributed by atoms with E-state index < -0.39 is 5.54 Å². The minimum absolute atomic E-state index is 0.165. The molecule has 1 aromatic heterocycles. The molecule has 1 N–H and O–H groups in total. The lowest BCUT2D eigenvalue weighted by Crippen LogP contribution is -2.41. The monoisotopic (exact) mass is 341 g/mol. The molecule has 0 radical (unpaired) electrons. The van der Waals surface area contributed by atoms with Gasteiger partial charge in [0.1, 0.15) is 17.6 Å². The molecule has 2 aliphatic rings. The van der Waals surface area contributed by atoms with Crippen molar-refractivity contribution in [2.45, 2.75) is 38.3 Å². The number of methoxy groups -OCH3 is 1. The van der Waals surface area contributed by atoms with Crippen LogP contribution in [0.15, 0.2) is 29.0 Å². The van der Waals surface area contributed by atoms with Gasteiger partial charge in [-0.1, -0.05) is 18.1 Å². The molecule has 2 aromatic rings. The van der Waals surface area contributed by atoms with Crippen LogP contribution in [-0.2, 0) is 29.7 Å². The quantitative estimate of drug-likeness (QED) is 0.861. The molecule has 2 heterocycles. The molecule has 1 aromatic carbocycles. The molecular formula is C18H19N3O4. The molecule has 1 atom stereocenters. The van der Waals surface area contributed by atoms with Gasteiger partial charge in [0, 0.05) is 5.56 Å². The Morgan fingerprint density at radius 1 is 1.40 bits per heavy atom. The summed E-state index contributed by atoms with van der Waals surface area (Å²) in [5.74, 6) is 0.445. The Kier molecular flexibility index (Phi) is 3.52. The van der Waals surface area contributed by atoms with Crippen LogP contribution in [0, 0.1) is 0 Å². The smallest absolute Gasteiger partial charge is 0.325 e. The molecule has 1 spiro atoms. The molecule has 1 aliphatic heterocycles. The van der Waals surface area contributed by atoms with Crippen LogP contribution in [-0.4, -0.2) is 29.1 Å². The molecule has 4 rings (SSSR count). The van der Waals surface area contributed by atoms with Crippen molar-refractivity contribution in [3.8, 4) is 5.75 Å². The van der Waals surface area contributed by atoms with E-state index in [2.05, 4.69) is 10.5 Å². The zero-order valence-corrected chi connectivity index (χ0v) is 14.2. The van der Waals surface area contributed by atoms with E-state index >= 15 is 0 Å². The van der Waals surface area contributed by atoms with Gasteiger partial charge in [-0.05, 0) is 42.5 Å². The Bertz CT molecular complexity index is 860. The lowest BCUT2D eigenvalue weighted by molar-refractivity contribution is -0.132. The van der Waals surface area contributed by atoms with Gasteiger partial charge < -0.3 is 14.6 Å². The van der Waals surface area contributed by atoms with Gasteiger partial charge in [-0.25, -0.2) is 4.79 Å². The summed E-state index contributed by atoms with van der Waals surface area (Å²) in [6.45, 7) is 2.12. The summed E-state index contributed by atoms with van der Waals surface area (Å²) in [4.78, 5) is 27.0. The van der Waals surface area contributed by atoms with Gasteiger partial charge in [-0.2, -0.15) is 0 Å². The molecule has 0 saturated carbocycles. The van der Waals surface area contributed by atoms with Crippen molar-refractivity contribution < 1.29 is 18.8 Å². The third-order valence-electron chi connectivity index (χ3n) is 5.11. The van der Waals surface area contributed by atoms with E-state index in [1.165, 1.54) is 11.2 Å². The first-order valence-electron chi connectivity index (χ1n) is 8.32. The number of nitrogens with zero attached hydrogens (tertiary/aromatic N) is 2. The van der Waals surface area contributed by atoms with Crippen LogP contribution >= 0.6 is 0 Å². The summed E-state index contributed by atoms with van der Waals surface area (Å²) in [7, 11) is 1.59. The van der Waals surface area contributed by atoms with Gasteiger partial charge in [0.05, 0.1) is 19.3 Å². The minimum atomic E-state index is -0.996. The van der Waals surface area contributed by atoms with Crippen molar-refractivity contribution in [2.75, 3.05) is 7.11 Å². The molecule has 3 amide bonds. The molecule has 1 fully saturated rings. The number of ether oxygens (including phenoxy) is 1. The number of aryl methyl sites for hydroxylation is 2. The lowest BCUT2D eigenvalue weighted by Gasteiger charge is -2.22. The fourth-order valence-corrected chi connectivity index (χ4v) is 3.75. The van der Waals surface area contributed by atoms with E-state index in [4.69, 9.17) is 9.26 Å². The summed E-state index contributed by atoms with van der Waals surface area (Å²) >= 11 is 0. The zero-order chi connectivity index (χ0) is 17.6. The highest BCUT2D eigenvalue weighted by atomic mass is 16.5. The predicted octanol–water partition coefficient (Wildman–Crippen LogP) is 2.14. The second-order valence-electron chi connectivity index (χ2n) is 6.39. The number of hydrogen-bond donors (Lipinski definition) is 1. The first-order valence-corrected chi connectivity index (χ1v) is 8.32. The Morgan fingerprint density at radius 2 is 2.24 bits per heavy atom. The van der Waals surface area contributed by atoms with Gasteiger partial charge in [-0.15, -0.1) is 0 Å². The predicted molar refractivity (Wildman–Crippen MR) is 88.0 cm³/mol. The van der Waals surface area contributed by atoms with Crippen LogP contribution in [0.2, 0.25) is 0 Å². The number of benzene rings is 1. The number of rotatable bonds is 4. The van der Waals surface area contributed by atoms with Gasteiger partial charge in [0.25, 0.3) is 5.91 Å². The highest BCUT2D eigenvalue weighted by Gasteiger charge is 2.55. The minimum Gasteiger partial charge on any atom is -0.497 e. The van der Waals surface area contributed by atoms with Crippen molar-refractivity contribution in [1.82, 2.24) is 15.4 Å². The van der Waals surface area contributed by atoms with E-state index in [0.717, 1.165) is 28.8 Å². The SMILES string of the molecule is CCc1nocc1CN1C(=O)NC2(CCc3ccc(OC)cc32)C1=O. The third kappa shape index (κ3) is 2.22. The summed E-state index contributed by atoms with van der Waals surface area (Å²) < 4.78 is 10.3. The fourth-order valence-electron chi connectivity index (χ4n) is 3.75. The molecule has 7 nitrogen and oxygen atoms in total. The second-order valence-corrected chi connectivity index (χ2v) is 6.39. The van der Waals surface area contributed by atoms with Crippen molar-refractivity contribution in [2.24, 2.45) is 0 Å². The maximum atomic E-state index is 13.2.